The number of nitrogens with one attached hydrogen (secondary N) is 3. The van der Waals surface area contributed by atoms with Crippen LogP contribution in [0.1, 0.15) is 11.1 Å². The maximum atomic E-state index is 11.6. The van der Waals surface area contributed by atoms with Gasteiger partial charge in [-0.3, -0.25) is 4.98 Å². The predicted octanol–water partition coefficient (Wildman–Crippen LogP) is 4.76. The van der Waals surface area contributed by atoms with Crippen LogP contribution in [0.5, 0.6) is 11.5 Å². The summed E-state index contributed by atoms with van der Waals surface area (Å²) in [6, 6.07) is 14.9. The summed E-state index contributed by atoms with van der Waals surface area (Å²) in [5.41, 5.74) is 3.41. The van der Waals surface area contributed by atoms with E-state index in [-0.39, 0.29) is 12.6 Å². The van der Waals surface area contributed by atoms with E-state index in [1.807, 2.05) is 55.5 Å². The van der Waals surface area contributed by atoms with E-state index in [4.69, 9.17) is 16.3 Å². The molecule has 0 aliphatic rings. The Labute approximate surface area is 208 Å². The number of rotatable bonds is 7. The Balaban J connectivity index is 1.48. The highest BCUT2D eigenvalue weighted by atomic mass is 35.5. The number of aromatic nitrogens is 3. The van der Waals surface area contributed by atoms with Crippen LogP contribution in [0.2, 0.25) is 0 Å². The van der Waals surface area contributed by atoms with Crippen molar-refractivity contribution in [2.45, 2.75) is 6.92 Å². The van der Waals surface area contributed by atoms with Crippen molar-refractivity contribution in [3.05, 3.63) is 78.4 Å². The molecular weight excluding hydrogens is 464 g/mol. The molecule has 0 radical (unpaired) electrons. The SMILES string of the molecule is Cc1cc(Nc2ncnc3ccc(C#CCNC(=O)NCCCl)cc23)ccc1Oc1cccnc1. The molecule has 3 N–H and O–H groups in total. The first-order chi connectivity index (χ1) is 17.1. The smallest absolute Gasteiger partial charge is 0.315 e. The number of pyridine rings is 1. The number of ether oxygens (including phenoxy) is 1. The van der Waals surface area contributed by atoms with E-state index >= 15 is 0 Å². The summed E-state index contributed by atoms with van der Waals surface area (Å²) in [4.78, 5) is 24.4. The Hall–Kier alpha value is -4.35. The van der Waals surface area contributed by atoms with Gasteiger partial charge in [0.25, 0.3) is 0 Å². The average Bonchev–Trinajstić information content (AvgIpc) is 2.88. The third-order valence-electron chi connectivity index (χ3n) is 4.89. The van der Waals surface area contributed by atoms with Gasteiger partial charge in [0, 0.05) is 35.3 Å². The molecule has 2 heterocycles. The fourth-order valence-electron chi connectivity index (χ4n) is 3.24. The van der Waals surface area contributed by atoms with Crippen LogP contribution in [0.25, 0.3) is 10.9 Å². The summed E-state index contributed by atoms with van der Waals surface area (Å²) >= 11 is 5.55. The lowest BCUT2D eigenvalue weighted by Gasteiger charge is -2.12. The van der Waals surface area contributed by atoms with Gasteiger partial charge in [-0.15, -0.1) is 11.6 Å². The highest BCUT2D eigenvalue weighted by molar-refractivity contribution is 6.18. The molecule has 2 amide bonds. The van der Waals surface area contributed by atoms with Crippen molar-refractivity contribution in [1.29, 1.82) is 0 Å². The number of aryl methyl sites for hydroxylation is 1. The van der Waals surface area contributed by atoms with Crippen LogP contribution in [0, 0.1) is 18.8 Å². The molecule has 35 heavy (non-hydrogen) atoms. The number of benzene rings is 2. The monoisotopic (exact) mass is 486 g/mol. The van der Waals surface area contributed by atoms with Crippen molar-refractivity contribution >= 4 is 40.0 Å². The molecule has 0 bridgehead atoms. The molecule has 0 atom stereocenters. The highest BCUT2D eigenvalue weighted by Gasteiger charge is 2.08. The maximum Gasteiger partial charge on any atom is 0.315 e. The minimum atomic E-state index is -0.300. The van der Waals surface area contributed by atoms with Crippen LogP contribution in [-0.2, 0) is 0 Å². The molecule has 8 nitrogen and oxygen atoms in total. The van der Waals surface area contributed by atoms with E-state index in [0.29, 0.717) is 24.0 Å². The molecule has 0 aliphatic heterocycles. The molecular formula is C26H23ClN6O2. The minimum Gasteiger partial charge on any atom is -0.455 e. The zero-order chi connectivity index (χ0) is 24.5. The Morgan fingerprint density at radius 2 is 2.03 bits per heavy atom. The summed E-state index contributed by atoms with van der Waals surface area (Å²) in [6.45, 7) is 2.60. The number of alkyl halides is 1. The van der Waals surface area contributed by atoms with E-state index < -0.39 is 0 Å². The number of halogens is 1. The van der Waals surface area contributed by atoms with Gasteiger partial charge in [-0.05, 0) is 61.0 Å². The summed E-state index contributed by atoms with van der Waals surface area (Å²) < 4.78 is 5.91. The molecule has 0 saturated heterocycles. The third kappa shape index (κ3) is 6.59. The highest BCUT2D eigenvalue weighted by Crippen LogP contribution is 2.29. The number of anilines is 2. The number of urea groups is 1. The average molecular weight is 487 g/mol. The van der Waals surface area contributed by atoms with Crippen LogP contribution < -0.4 is 20.7 Å². The topological polar surface area (TPSA) is 101 Å². The van der Waals surface area contributed by atoms with Crippen LogP contribution in [0.15, 0.2) is 67.3 Å². The lowest BCUT2D eigenvalue weighted by Crippen LogP contribution is -2.36. The zero-order valence-electron chi connectivity index (χ0n) is 19.0. The molecule has 4 aromatic rings. The Morgan fingerprint density at radius 1 is 1.11 bits per heavy atom. The Kier molecular flexibility index (Phi) is 7.94. The van der Waals surface area contributed by atoms with Crippen molar-refractivity contribution in [2.75, 3.05) is 24.3 Å². The molecule has 0 aliphatic carbocycles. The maximum absolute atomic E-state index is 11.6. The molecule has 0 fully saturated rings. The number of hydrogen-bond donors (Lipinski definition) is 3. The number of carbonyl (C=O) groups is 1. The van der Waals surface area contributed by atoms with Crippen LogP contribution >= 0.6 is 11.6 Å². The van der Waals surface area contributed by atoms with Crippen molar-refractivity contribution in [3.63, 3.8) is 0 Å². The quantitative estimate of drug-likeness (QED) is 0.257. The molecule has 0 saturated carbocycles. The zero-order valence-corrected chi connectivity index (χ0v) is 19.8. The second-order valence-corrected chi connectivity index (χ2v) is 7.83. The van der Waals surface area contributed by atoms with Gasteiger partial charge in [-0.25, -0.2) is 14.8 Å². The van der Waals surface area contributed by atoms with Crippen LogP contribution in [0.4, 0.5) is 16.3 Å². The molecule has 2 aromatic carbocycles. The Bertz CT molecular complexity index is 1390. The molecule has 9 heteroatoms. The summed E-state index contributed by atoms with van der Waals surface area (Å²) in [6.07, 6.45) is 4.90. The largest absolute Gasteiger partial charge is 0.455 e. The first-order valence-electron chi connectivity index (χ1n) is 10.9. The summed E-state index contributed by atoms with van der Waals surface area (Å²) in [5, 5.41) is 9.48. The van der Waals surface area contributed by atoms with Crippen LogP contribution in [0.3, 0.4) is 0 Å². The van der Waals surface area contributed by atoms with Gasteiger partial charge in [-0.1, -0.05) is 11.8 Å². The third-order valence-corrected chi connectivity index (χ3v) is 5.07. The van der Waals surface area contributed by atoms with Gasteiger partial charge in [0.05, 0.1) is 18.3 Å². The van der Waals surface area contributed by atoms with Crippen molar-refractivity contribution in [3.8, 4) is 23.3 Å². The number of nitrogens with zero attached hydrogens (tertiary/aromatic N) is 3. The second kappa shape index (κ2) is 11.7. The fourth-order valence-corrected chi connectivity index (χ4v) is 3.34. The van der Waals surface area contributed by atoms with E-state index in [0.717, 1.165) is 33.5 Å². The van der Waals surface area contributed by atoms with Gasteiger partial charge in [0.2, 0.25) is 0 Å². The number of amides is 2. The van der Waals surface area contributed by atoms with E-state index in [1.54, 1.807) is 12.4 Å². The first-order valence-corrected chi connectivity index (χ1v) is 11.4. The molecule has 2 aromatic heterocycles. The molecule has 4 rings (SSSR count). The number of hydrogen-bond acceptors (Lipinski definition) is 6. The minimum absolute atomic E-state index is 0.218. The first kappa shape index (κ1) is 23.8. The number of fused-ring (bicyclic) bond motifs is 1. The van der Waals surface area contributed by atoms with Crippen molar-refractivity contribution in [2.24, 2.45) is 0 Å². The lowest BCUT2D eigenvalue weighted by atomic mass is 10.1. The Morgan fingerprint density at radius 3 is 2.83 bits per heavy atom. The fraction of sp³-hybridized carbons (Fsp3) is 0.154. The molecule has 0 spiro atoms. The van der Waals surface area contributed by atoms with Gasteiger partial charge < -0.3 is 20.7 Å². The second-order valence-electron chi connectivity index (χ2n) is 7.45. The van der Waals surface area contributed by atoms with Crippen LogP contribution in [-0.4, -0.2) is 40.0 Å². The predicted molar refractivity (Wildman–Crippen MR) is 137 cm³/mol. The van der Waals surface area contributed by atoms with Gasteiger partial charge in [-0.2, -0.15) is 0 Å². The molecule has 176 valence electrons. The standard InChI is InChI=1S/C26H23ClN6O2/c1-18-14-20(7-9-24(18)35-21-5-3-11-28-16-21)33-25-22-15-19(6-8-23(22)31-17-32-25)4-2-12-29-26(34)30-13-10-27/h3,5-9,11,14-17H,10,12-13H2,1H3,(H2,29,30,34)(H,31,32,33). The van der Waals surface area contributed by atoms with E-state index in [9.17, 15) is 4.79 Å². The van der Waals surface area contributed by atoms with Crippen molar-refractivity contribution < 1.29 is 9.53 Å². The van der Waals surface area contributed by atoms with Gasteiger partial charge in [0.15, 0.2) is 0 Å². The summed E-state index contributed by atoms with van der Waals surface area (Å²) in [7, 11) is 0. The summed E-state index contributed by atoms with van der Waals surface area (Å²) in [5.74, 6) is 8.45. The van der Waals surface area contributed by atoms with E-state index in [2.05, 4.69) is 42.7 Å². The normalized spacial score (nSPS) is 10.2. The molecule has 0 unspecified atom stereocenters. The van der Waals surface area contributed by atoms with Gasteiger partial charge in [0.1, 0.15) is 23.6 Å². The van der Waals surface area contributed by atoms with E-state index in [1.165, 1.54) is 6.33 Å². The van der Waals surface area contributed by atoms with Gasteiger partial charge >= 0.3 is 6.03 Å². The lowest BCUT2D eigenvalue weighted by molar-refractivity contribution is 0.242. The van der Waals surface area contributed by atoms with Crippen molar-refractivity contribution in [1.82, 2.24) is 25.6 Å². The number of carbonyl (C=O) groups excluding carboxylic acids is 1.